The number of aromatic nitrogens is 1. The Labute approximate surface area is 167 Å². The van der Waals surface area contributed by atoms with Crippen LogP contribution in [0.4, 0.5) is 0 Å². The van der Waals surface area contributed by atoms with Crippen LogP contribution in [0.25, 0.3) is 0 Å². The summed E-state index contributed by atoms with van der Waals surface area (Å²) in [4.78, 5) is 17.5. The van der Waals surface area contributed by atoms with Gasteiger partial charge in [0, 0.05) is 32.4 Å². The van der Waals surface area contributed by atoms with Crippen molar-refractivity contribution in [2.75, 3.05) is 53.0 Å². The van der Waals surface area contributed by atoms with Crippen LogP contribution in [0, 0.1) is 5.92 Å². The summed E-state index contributed by atoms with van der Waals surface area (Å²) in [5.41, 5.74) is 0.338. The molecule has 0 atom stereocenters. The van der Waals surface area contributed by atoms with Gasteiger partial charge in [-0.15, -0.1) is 12.4 Å². The van der Waals surface area contributed by atoms with Gasteiger partial charge in [0.2, 0.25) is 10.0 Å². The molecular formula is C17H29ClN4O4S. The summed E-state index contributed by atoms with van der Waals surface area (Å²) in [6.45, 7) is 3.93. The predicted octanol–water partition coefficient (Wildman–Crippen LogP) is 0.919. The number of morpholine rings is 1. The molecule has 0 bridgehead atoms. The normalized spacial score (nSPS) is 19.7. The summed E-state index contributed by atoms with van der Waals surface area (Å²) in [6.07, 6.45) is 4.53. The zero-order chi connectivity index (χ0) is 18.6. The van der Waals surface area contributed by atoms with Crippen molar-refractivity contribution >= 4 is 28.3 Å². The van der Waals surface area contributed by atoms with Crippen molar-refractivity contribution in [3.05, 3.63) is 18.0 Å². The molecule has 0 radical (unpaired) electrons. The van der Waals surface area contributed by atoms with Gasteiger partial charge in [0.05, 0.1) is 13.2 Å². The smallest absolute Gasteiger partial charge is 0.270 e. The van der Waals surface area contributed by atoms with E-state index in [1.807, 2.05) is 11.9 Å². The van der Waals surface area contributed by atoms with Gasteiger partial charge in [0.25, 0.3) is 5.91 Å². The molecule has 3 heterocycles. The maximum Gasteiger partial charge on any atom is 0.270 e. The van der Waals surface area contributed by atoms with Gasteiger partial charge in [0.1, 0.15) is 10.6 Å². The number of halogens is 1. The lowest BCUT2D eigenvalue weighted by Crippen LogP contribution is -2.40. The van der Waals surface area contributed by atoms with Gasteiger partial charge in [0.15, 0.2) is 0 Å². The van der Waals surface area contributed by atoms with E-state index in [4.69, 9.17) is 4.74 Å². The van der Waals surface area contributed by atoms with Crippen molar-refractivity contribution < 1.29 is 17.9 Å². The van der Waals surface area contributed by atoms with Crippen LogP contribution in [0.5, 0.6) is 0 Å². The van der Waals surface area contributed by atoms with Crippen LogP contribution in [0.1, 0.15) is 29.8 Å². The zero-order valence-corrected chi connectivity index (χ0v) is 17.3. The second-order valence-corrected chi connectivity index (χ2v) is 8.83. The molecule has 0 spiro atoms. The van der Waals surface area contributed by atoms with Gasteiger partial charge in [-0.25, -0.2) is 8.42 Å². The lowest BCUT2D eigenvalue weighted by Gasteiger charge is -2.31. The number of H-pyrrole nitrogens is 1. The van der Waals surface area contributed by atoms with Crippen molar-refractivity contribution in [3.63, 3.8) is 0 Å². The fourth-order valence-corrected chi connectivity index (χ4v) is 4.93. The summed E-state index contributed by atoms with van der Waals surface area (Å²) in [6, 6.07) is 1.46. The fraction of sp³-hybridized carbons (Fsp3) is 0.706. The first kappa shape index (κ1) is 22.2. The molecule has 0 aromatic carbocycles. The number of rotatable bonds is 6. The Morgan fingerprint density at radius 2 is 1.93 bits per heavy atom. The van der Waals surface area contributed by atoms with E-state index in [0.717, 1.165) is 38.9 Å². The van der Waals surface area contributed by atoms with Gasteiger partial charge < -0.3 is 19.9 Å². The molecule has 10 heteroatoms. The summed E-state index contributed by atoms with van der Waals surface area (Å²) in [5, 5.41) is 3.16. The Morgan fingerprint density at radius 1 is 1.26 bits per heavy atom. The highest BCUT2D eigenvalue weighted by molar-refractivity contribution is 7.89. The van der Waals surface area contributed by atoms with E-state index in [1.165, 1.54) is 16.6 Å². The molecule has 2 aliphatic heterocycles. The molecule has 2 saturated heterocycles. The first-order chi connectivity index (χ1) is 12.5. The zero-order valence-electron chi connectivity index (χ0n) is 15.6. The maximum absolute atomic E-state index is 12.7. The van der Waals surface area contributed by atoms with E-state index >= 15 is 0 Å². The lowest BCUT2D eigenvalue weighted by atomic mass is 9.93. The molecule has 0 saturated carbocycles. The standard InChI is InChI=1S/C17H28N4O4S.ClH/c1-18-5-2-14-3-6-20(7-4-14)17(22)16-12-15(13-19-16)26(23,24)21-8-10-25-11-9-21;/h12-14,18-19H,2-11H2,1H3;1H. The monoisotopic (exact) mass is 420 g/mol. The van der Waals surface area contributed by atoms with Crippen LogP contribution in [0.3, 0.4) is 0 Å². The van der Waals surface area contributed by atoms with Crippen LogP contribution in [-0.2, 0) is 14.8 Å². The van der Waals surface area contributed by atoms with Crippen molar-refractivity contribution in [2.45, 2.75) is 24.2 Å². The Balaban J connectivity index is 0.00000261. The molecule has 3 rings (SSSR count). The van der Waals surface area contributed by atoms with Crippen molar-refractivity contribution in [3.8, 4) is 0 Å². The summed E-state index contributed by atoms with van der Waals surface area (Å²) < 4.78 is 31.9. The second-order valence-electron chi connectivity index (χ2n) is 6.89. The van der Waals surface area contributed by atoms with E-state index in [0.29, 0.717) is 37.9 Å². The van der Waals surface area contributed by atoms with Crippen LogP contribution in [0.2, 0.25) is 0 Å². The predicted molar refractivity (Wildman–Crippen MR) is 105 cm³/mol. The largest absolute Gasteiger partial charge is 0.379 e. The minimum absolute atomic E-state index is 0. The van der Waals surface area contributed by atoms with E-state index in [2.05, 4.69) is 10.3 Å². The van der Waals surface area contributed by atoms with Crippen LogP contribution in [-0.4, -0.2) is 81.5 Å². The summed E-state index contributed by atoms with van der Waals surface area (Å²) >= 11 is 0. The number of ether oxygens (including phenoxy) is 1. The number of piperidine rings is 1. The molecule has 1 aromatic rings. The number of nitrogens with one attached hydrogen (secondary N) is 2. The van der Waals surface area contributed by atoms with E-state index in [1.54, 1.807) is 0 Å². The third-order valence-corrected chi connectivity index (χ3v) is 7.08. The Bertz CT molecular complexity index is 710. The SMILES string of the molecule is CNCCC1CCN(C(=O)c2cc(S(=O)(=O)N3CCOCC3)c[nH]2)CC1.Cl. The second kappa shape index (κ2) is 9.88. The maximum atomic E-state index is 12.7. The van der Waals surface area contributed by atoms with Gasteiger partial charge in [-0.1, -0.05) is 0 Å². The quantitative estimate of drug-likeness (QED) is 0.713. The molecule has 8 nitrogen and oxygen atoms in total. The number of likely N-dealkylation sites (tertiary alicyclic amines) is 1. The average molecular weight is 421 g/mol. The summed E-state index contributed by atoms with van der Waals surface area (Å²) in [5.74, 6) is 0.521. The molecule has 2 aliphatic rings. The number of aromatic amines is 1. The summed E-state index contributed by atoms with van der Waals surface area (Å²) in [7, 11) is -1.63. The highest BCUT2D eigenvalue weighted by Crippen LogP contribution is 2.23. The van der Waals surface area contributed by atoms with Crippen molar-refractivity contribution in [2.24, 2.45) is 5.92 Å². The van der Waals surface area contributed by atoms with Crippen molar-refractivity contribution in [1.29, 1.82) is 0 Å². The Morgan fingerprint density at radius 3 is 2.56 bits per heavy atom. The van der Waals surface area contributed by atoms with Crippen LogP contribution < -0.4 is 5.32 Å². The van der Waals surface area contributed by atoms with E-state index < -0.39 is 10.0 Å². The lowest BCUT2D eigenvalue weighted by molar-refractivity contribution is 0.0681. The minimum atomic E-state index is -3.58. The van der Waals surface area contributed by atoms with Gasteiger partial charge in [-0.3, -0.25) is 4.79 Å². The molecule has 1 amide bonds. The first-order valence-corrected chi connectivity index (χ1v) is 10.7. The number of nitrogens with zero attached hydrogens (tertiary/aromatic N) is 2. The van der Waals surface area contributed by atoms with Gasteiger partial charge in [-0.05, 0) is 44.8 Å². The number of hydrogen-bond acceptors (Lipinski definition) is 5. The van der Waals surface area contributed by atoms with Gasteiger partial charge >= 0.3 is 0 Å². The Kier molecular flexibility index (Phi) is 8.11. The van der Waals surface area contributed by atoms with Crippen LogP contribution >= 0.6 is 12.4 Å². The number of sulfonamides is 1. The fourth-order valence-electron chi connectivity index (χ4n) is 3.53. The molecule has 27 heavy (non-hydrogen) atoms. The molecule has 1 aromatic heterocycles. The highest BCUT2D eigenvalue weighted by atomic mass is 35.5. The molecule has 154 valence electrons. The molecular weight excluding hydrogens is 392 g/mol. The number of carbonyl (C=O) groups is 1. The Hall–Kier alpha value is -1.13. The minimum Gasteiger partial charge on any atom is -0.379 e. The third-order valence-electron chi connectivity index (χ3n) is 5.20. The number of carbonyl (C=O) groups excluding carboxylic acids is 1. The average Bonchev–Trinajstić information content (AvgIpc) is 3.18. The first-order valence-electron chi connectivity index (χ1n) is 9.22. The number of hydrogen-bond donors (Lipinski definition) is 2. The van der Waals surface area contributed by atoms with E-state index in [9.17, 15) is 13.2 Å². The molecule has 0 unspecified atom stereocenters. The number of amides is 1. The topological polar surface area (TPSA) is 94.7 Å². The molecule has 2 fully saturated rings. The van der Waals surface area contributed by atoms with Crippen molar-refractivity contribution in [1.82, 2.24) is 19.5 Å². The van der Waals surface area contributed by atoms with E-state index in [-0.39, 0.29) is 23.2 Å². The van der Waals surface area contributed by atoms with Crippen LogP contribution in [0.15, 0.2) is 17.2 Å². The molecule has 0 aliphatic carbocycles. The highest BCUT2D eigenvalue weighted by Gasteiger charge is 2.29. The third kappa shape index (κ3) is 5.23. The molecule has 2 N–H and O–H groups in total. The van der Waals surface area contributed by atoms with Gasteiger partial charge in [-0.2, -0.15) is 4.31 Å².